The van der Waals surface area contributed by atoms with Gasteiger partial charge in [0.2, 0.25) is 15.9 Å². The molecule has 0 aromatic heterocycles. The molecule has 10 heteroatoms. The average Bonchev–Trinajstić information content (AvgIpc) is 2.69. The quantitative estimate of drug-likeness (QED) is 0.501. The molecule has 2 aromatic carbocycles. The molecule has 0 aliphatic rings. The number of halogens is 2. The number of rotatable bonds is 11. The maximum absolute atomic E-state index is 12.2. The molecule has 2 rings (SSSR count). The number of hydrogen-bond acceptors (Lipinski definition) is 5. The first-order valence-electron chi connectivity index (χ1n) is 9.17. The smallest absolute Gasteiger partial charge is 0.232 e. The first-order valence-corrected chi connectivity index (χ1v) is 11.8. The van der Waals surface area contributed by atoms with Crippen molar-refractivity contribution < 1.29 is 22.7 Å². The third-order valence-electron chi connectivity index (χ3n) is 4.10. The highest BCUT2D eigenvalue weighted by molar-refractivity contribution is 7.92. The Kier molecular flexibility index (Phi) is 9.08. The molecule has 2 aromatic rings. The highest BCUT2D eigenvalue weighted by Gasteiger charge is 2.19. The van der Waals surface area contributed by atoms with Crippen molar-refractivity contribution in [2.45, 2.75) is 12.8 Å². The number of ether oxygens (including phenoxy) is 2. The number of nitrogens with one attached hydrogen (secondary N) is 1. The fourth-order valence-corrected chi connectivity index (χ4v) is 3.99. The minimum absolute atomic E-state index is 0.149. The molecule has 0 saturated carbocycles. The van der Waals surface area contributed by atoms with Crippen LogP contribution in [0, 0.1) is 0 Å². The Labute approximate surface area is 186 Å². The summed E-state index contributed by atoms with van der Waals surface area (Å²) in [6.45, 7) is 0.800. The molecule has 0 fully saturated rings. The number of carbonyl (C=O) groups excluding carboxylic acids is 1. The Bertz CT molecular complexity index is 952. The maximum atomic E-state index is 12.2. The molecule has 30 heavy (non-hydrogen) atoms. The lowest BCUT2D eigenvalue weighted by molar-refractivity contribution is -0.121. The Hall–Kier alpha value is -2.16. The third kappa shape index (κ3) is 7.59. The van der Waals surface area contributed by atoms with Crippen LogP contribution in [-0.2, 0) is 14.8 Å². The van der Waals surface area contributed by atoms with E-state index in [4.69, 9.17) is 32.7 Å². The highest BCUT2D eigenvalue weighted by atomic mass is 35.5. The van der Waals surface area contributed by atoms with Crippen LogP contribution in [0.25, 0.3) is 0 Å². The van der Waals surface area contributed by atoms with Gasteiger partial charge in [0.25, 0.3) is 0 Å². The molecule has 1 N–H and O–H groups in total. The van der Waals surface area contributed by atoms with Crippen molar-refractivity contribution in [3.05, 3.63) is 52.5 Å². The standard InChI is InChI=1S/C20H24Cl2N2O5S/c1-28-19-10-7-16(14-18(19)22)24(30(2,26)27)12-3-4-20(25)23-11-13-29-17-8-5-15(21)6-9-17/h5-10,14H,3-4,11-13H2,1-2H3,(H,23,25). The summed E-state index contributed by atoms with van der Waals surface area (Å²) in [6, 6.07) is 11.7. The number of hydrogen-bond donors (Lipinski definition) is 1. The molecular formula is C20H24Cl2N2O5S. The second-order valence-electron chi connectivity index (χ2n) is 6.41. The number of nitrogens with zero attached hydrogens (tertiary/aromatic N) is 1. The summed E-state index contributed by atoms with van der Waals surface area (Å²) in [5, 5.41) is 3.67. The first-order chi connectivity index (χ1) is 14.2. The van der Waals surface area contributed by atoms with Crippen LogP contribution >= 0.6 is 23.2 Å². The maximum Gasteiger partial charge on any atom is 0.232 e. The minimum Gasteiger partial charge on any atom is -0.495 e. The normalized spacial score (nSPS) is 11.1. The van der Waals surface area contributed by atoms with E-state index >= 15 is 0 Å². The van der Waals surface area contributed by atoms with Gasteiger partial charge in [0.05, 0.1) is 30.6 Å². The molecule has 0 aliphatic heterocycles. The van der Waals surface area contributed by atoms with Crippen LogP contribution in [0.1, 0.15) is 12.8 Å². The number of methoxy groups -OCH3 is 1. The van der Waals surface area contributed by atoms with Crippen molar-refractivity contribution in [2.24, 2.45) is 0 Å². The monoisotopic (exact) mass is 474 g/mol. The summed E-state index contributed by atoms with van der Waals surface area (Å²) in [5.74, 6) is 0.931. The number of carbonyl (C=O) groups is 1. The zero-order valence-corrected chi connectivity index (χ0v) is 19.1. The SMILES string of the molecule is COc1ccc(N(CCCC(=O)NCCOc2ccc(Cl)cc2)S(C)(=O)=O)cc1Cl. The molecule has 0 atom stereocenters. The molecule has 0 aliphatic carbocycles. The third-order valence-corrected chi connectivity index (χ3v) is 5.84. The van der Waals surface area contributed by atoms with Crippen LogP contribution in [-0.4, -0.2) is 47.4 Å². The van der Waals surface area contributed by atoms with E-state index in [1.54, 1.807) is 36.4 Å². The lowest BCUT2D eigenvalue weighted by Crippen LogP contribution is -2.32. The second-order valence-corrected chi connectivity index (χ2v) is 9.16. The van der Waals surface area contributed by atoms with Gasteiger partial charge in [-0.1, -0.05) is 23.2 Å². The van der Waals surface area contributed by atoms with E-state index in [1.165, 1.54) is 17.5 Å². The zero-order chi connectivity index (χ0) is 22.1. The fourth-order valence-electron chi connectivity index (χ4n) is 2.66. The Balaban J connectivity index is 1.79. The molecule has 1 amide bonds. The van der Waals surface area contributed by atoms with Crippen LogP contribution in [0.15, 0.2) is 42.5 Å². The minimum atomic E-state index is -3.53. The molecule has 0 unspecified atom stereocenters. The van der Waals surface area contributed by atoms with Gasteiger partial charge in [0.15, 0.2) is 0 Å². The average molecular weight is 475 g/mol. The Morgan fingerprint density at radius 3 is 2.43 bits per heavy atom. The van der Waals surface area contributed by atoms with Crippen molar-refractivity contribution >= 4 is 44.8 Å². The van der Waals surface area contributed by atoms with E-state index in [1.807, 2.05) is 0 Å². The molecule has 0 bridgehead atoms. The Morgan fingerprint density at radius 2 is 1.83 bits per heavy atom. The van der Waals surface area contributed by atoms with Crippen LogP contribution < -0.4 is 19.1 Å². The van der Waals surface area contributed by atoms with Crippen LogP contribution in [0.4, 0.5) is 5.69 Å². The Morgan fingerprint density at radius 1 is 1.13 bits per heavy atom. The first kappa shape index (κ1) is 24.1. The van der Waals surface area contributed by atoms with E-state index in [-0.39, 0.29) is 18.9 Å². The number of anilines is 1. The topological polar surface area (TPSA) is 84.9 Å². The van der Waals surface area contributed by atoms with E-state index in [9.17, 15) is 13.2 Å². The van der Waals surface area contributed by atoms with Gasteiger partial charge < -0.3 is 14.8 Å². The van der Waals surface area contributed by atoms with E-state index in [0.29, 0.717) is 46.8 Å². The van der Waals surface area contributed by atoms with Crippen molar-refractivity contribution in [1.82, 2.24) is 5.32 Å². The molecule has 7 nitrogen and oxygen atoms in total. The molecule has 0 heterocycles. The lowest BCUT2D eigenvalue weighted by Gasteiger charge is -2.23. The zero-order valence-electron chi connectivity index (χ0n) is 16.7. The summed E-state index contributed by atoms with van der Waals surface area (Å²) in [7, 11) is -2.05. The predicted octanol–water partition coefficient (Wildman–Crippen LogP) is 3.74. The fraction of sp³-hybridized carbons (Fsp3) is 0.350. The van der Waals surface area contributed by atoms with Crippen molar-refractivity contribution in [3.8, 4) is 11.5 Å². The van der Waals surface area contributed by atoms with Crippen LogP contribution in [0.3, 0.4) is 0 Å². The van der Waals surface area contributed by atoms with Gasteiger partial charge in [0.1, 0.15) is 18.1 Å². The largest absolute Gasteiger partial charge is 0.495 e. The van der Waals surface area contributed by atoms with Gasteiger partial charge in [-0.25, -0.2) is 8.42 Å². The van der Waals surface area contributed by atoms with Crippen molar-refractivity contribution in [3.63, 3.8) is 0 Å². The summed E-state index contributed by atoms with van der Waals surface area (Å²) in [6.07, 6.45) is 1.64. The lowest BCUT2D eigenvalue weighted by atomic mass is 10.2. The van der Waals surface area contributed by atoms with Crippen molar-refractivity contribution in [2.75, 3.05) is 37.4 Å². The summed E-state index contributed by atoms with van der Waals surface area (Å²) >= 11 is 11.9. The summed E-state index contributed by atoms with van der Waals surface area (Å²) < 4.78 is 36.1. The molecule has 164 valence electrons. The summed E-state index contributed by atoms with van der Waals surface area (Å²) in [5.41, 5.74) is 0.417. The van der Waals surface area contributed by atoms with E-state index < -0.39 is 10.0 Å². The summed E-state index contributed by atoms with van der Waals surface area (Å²) in [4.78, 5) is 12.0. The van der Waals surface area contributed by atoms with Gasteiger partial charge in [0, 0.05) is 18.0 Å². The van der Waals surface area contributed by atoms with Gasteiger partial charge >= 0.3 is 0 Å². The molecular weight excluding hydrogens is 451 g/mol. The predicted molar refractivity (Wildman–Crippen MR) is 119 cm³/mol. The van der Waals surface area contributed by atoms with Crippen LogP contribution in [0.5, 0.6) is 11.5 Å². The number of sulfonamides is 1. The highest BCUT2D eigenvalue weighted by Crippen LogP contribution is 2.30. The van der Waals surface area contributed by atoms with Gasteiger partial charge in [-0.3, -0.25) is 9.10 Å². The second kappa shape index (κ2) is 11.3. The van der Waals surface area contributed by atoms with Gasteiger partial charge in [-0.05, 0) is 48.9 Å². The van der Waals surface area contributed by atoms with Gasteiger partial charge in [-0.2, -0.15) is 0 Å². The van der Waals surface area contributed by atoms with Crippen molar-refractivity contribution in [1.29, 1.82) is 0 Å². The molecule has 0 spiro atoms. The van der Waals surface area contributed by atoms with Gasteiger partial charge in [-0.15, -0.1) is 0 Å². The molecule has 0 radical (unpaired) electrons. The molecule has 0 saturated heterocycles. The van der Waals surface area contributed by atoms with E-state index in [2.05, 4.69) is 5.32 Å². The van der Waals surface area contributed by atoms with E-state index in [0.717, 1.165) is 6.26 Å². The number of amides is 1. The van der Waals surface area contributed by atoms with Crippen LogP contribution in [0.2, 0.25) is 10.0 Å². The number of benzene rings is 2.